The molecule has 0 fully saturated rings. The highest BCUT2D eigenvalue weighted by Gasteiger charge is 2.05. The average molecular weight is 296 g/mol. The van der Waals surface area contributed by atoms with Gasteiger partial charge in [0, 0.05) is 5.56 Å². The molecular weight excluding hydrogens is 268 g/mol. The third-order valence-corrected chi connectivity index (χ3v) is 4.43. The zero-order chi connectivity index (χ0) is 15.8. The highest BCUT2D eigenvalue weighted by molar-refractivity contribution is 5.99. The Hall–Kier alpha value is -1.63. The smallest absolute Gasteiger partial charge is 0.159 e. The number of carbonyl (C=O) groups excluding carboxylic acids is 1. The van der Waals surface area contributed by atoms with Crippen LogP contribution < -0.4 is 0 Å². The quantitative estimate of drug-likeness (QED) is 0.390. The number of hydrogen-bond donors (Lipinski definition) is 0. The van der Waals surface area contributed by atoms with E-state index in [-0.39, 0.29) is 5.78 Å². The molecule has 0 N–H and O–H groups in total. The van der Waals surface area contributed by atoms with E-state index >= 15 is 0 Å². The van der Waals surface area contributed by atoms with Crippen molar-refractivity contribution in [1.82, 2.24) is 0 Å². The first kappa shape index (κ1) is 16.7. The standard InChI is InChI=1S/C21H28O/c1-3-4-5-6-7-8-9-11-18-12-10-13-19-14-15-20(17(2)22)16-21(18)19/h10,12-16H,3-9,11H2,1-2H3. The summed E-state index contributed by atoms with van der Waals surface area (Å²) in [5.74, 6) is 0.146. The number of rotatable bonds is 9. The van der Waals surface area contributed by atoms with Crippen LogP contribution in [0, 0.1) is 0 Å². The van der Waals surface area contributed by atoms with Gasteiger partial charge in [0.15, 0.2) is 5.78 Å². The molecule has 22 heavy (non-hydrogen) atoms. The number of Topliss-reactive ketones (excluding diaryl/α,β-unsaturated/α-hetero) is 1. The predicted octanol–water partition coefficient (Wildman–Crippen LogP) is 6.34. The van der Waals surface area contributed by atoms with E-state index < -0.39 is 0 Å². The highest BCUT2D eigenvalue weighted by Crippen LogP contribution is 2.23. The molecule has 2 rings (SSSR count). The molecule has 0 saturated carbocycles. The van der Waals surface area contributed by atoms with Crippen LogP contribution in [0.3, 0.4) is 0 Å². The lowest BCUT2D eigenvalue weighted by Crippen LogP contribution is -1.94. The van der Waals surface area contributed by atoms with E-state index in [1.807, 2.05) is 6.07 Å². The Morgan fingerprint density at radius 1 is 0.909 bits per heavy atom. The highest BCUT2D eigenvalue weighted by atomic mass is 16.1. The second kappa shape index (κ2) is 8.73. The summed E-state index contributed by atoms with van der Waals surface area (Å²) in [6.07, 6.45) is 10.5. The van der Waals surface area contributed by atoms with Crippen molar-refractivity contribution in [2.75, 3.05) is 0 Å². The van der Waals surface area contributed by atoms with Crippen LogP contribution in [-0.4, -0.2) is 5.78 Å². The average Bonchev–Trinajstić information content (AvgIpc) is 2.53. The van der Waals surface area contributed by atoms with E-state index in [1.165, 1.54) is 61.3 Å². The minimum Gasteiger partial charge on any atom is -0.295 e. The zero-order valence-electron chi connectivity index (χ0n) is 14.0. The molecule has 0 aliphatic carbocycles. The maximum atomic E-state index is 11.6. The largest absolute Gasteiger partial charge is 0.295 e. The van der Waals surface area contributed by atoms with Crippen LogP contribution in [0.5, 0.6) is 0 Å². The topological polar surface area (TPSA) is 17.1 Å². The number of ketones is 1. The molecule has 0 bridgehead atoms. The molecule has 0 saturated heterocycles. The lowest BCUT2D eigenvalue weighted by molar-refractivity contribution is 0.101. The minimum atomic E-state index is 0.146. The molecule has 0 radical (unpaired) electrons. The normalized spacial score (nSPS) is 11.0. The Balaban J connectivity index is 1.95. The molecule has 0 atom stereocenters. The van der Waals surface area contributed by atoms with Crippen molar-refractivity contribution in [1.29, 1.82) is 0 Å². The summed E-state index contributed by atoms with van der Waals surface area (Å²) in [5.41, 5.74) is 2.20. The van der Waals surface area contributed by atoms with Crippen molar-refractivity contribution in [3.05, 3.63) is 47.5 Å². The van der Waals surface area contributed by atoms with Gasteiger partial charge in [-0.25, -0.2) is 0 Å². The number of benzene rings is 2. The van der Waals surface area contributed by atoms with Crippen LogP contribution in [0.25, 0.3) is 10.8 Å². The summed E-state index contributed by atoms with van der Waals surface area (Å²) in [6.45, 7) is 3.90. The monoisotopic (exact) mass is 296 g/mol. The molecule has 0 aliphatic rings. The van der Waals surface area contributed by atoms with Crippen molar-refractivity contribution < 1.29 is 4.79 Å². The molecule has 1 heteroatoms. The fourth-order valence-corrected chi connectivity index (χ4v) is 3.05. The molecule has 2 aromatic rings. The summed E-state index contributed by atoms with van der Waals surface area (Å²) in [7, 11) is 0. The SMILES string of the molecule is CCCCCCCCCc1cccc2ccc(C(C)=O)cc12. The molecule has 2 aromatic carbocycles. The van der Waals surface area contributed by atoms with Crippen LogP contribution in [-0.2, 0) is 6.42 Å². The van der Waals surface area contributed by atoms with Gasteiger partial charge in [-0.05, 0) is 42.2 Å². The van der Waals surface area contributed by atoms with Crippen LogP contribution in [0.15, 0.2) is 36.4 Å². The van der Waals surface area contributed by atoms with Gasteiger partial charge in [-0.3, -0.25) is 4.79 Å². The second-order valence-corrected chi connectivity index (χ2v) is 6.28. The molecule has 118 valence electrons. The fourth-order valence-electron chi connectivity index (χ4n) is 3.05. The Bertz CT molecular complexity index is 612. The number of aryl methyl sites for hydroxylation is 1. The van der Waals surface area contributed by atoms with E-state index in [2.05, 4.69) is 37.3 Å². The summed E-state index contributed by atoms with van der Waals surface area (Å²) in [5, 5.41) is 2.49. The molecule has 0 amide bonds. The molecule has 0 unspecified atom stereocenters. The van der Waals surface area contributed by atoms with Crippen molar-refractivity contribution in [2.45, 2.75) is 65.2 Å². The van der Waals surface area contributed by atoms with E-state index in [4.69, 9.17) is 0 Å². The van der Waals surface area contributed by atoms with Gasteiger partial charge in [-0.1, -0.05) is 75.8 Å². The zero-order valence-corrected chi connectivity index (χ0v) is 14.0. The van der Waals surface area contributed by atoms with Gasteiger partial charge in [0.05, 0.1) is 0 Å². The Kier molecular flexibility index (Phi) is 6.64. The Labute approximate surface area is 134 Å². The van der Waals surface area contributed by atoms with Gasteiger partial charge in [0.25, 0.3) is 0 Å². The second-order valence-electron chi connectivity index (χ2n) is 6.28. The lowest BCUT2D eigenvalue weighted by atomic mass is 9.97. The van der Waals surface area contributed by atoms with Gasteiger partial charge in [-0.2, -0.15) is 0 Å². The van der Waals surface area contributed by atoms with E-state index in [0.717, 1.165) is 12.0 Å². The first-order chi connectivity index (χ1) is 10.7. The van der Waals surface area contributed by atoms with Crippen molar-refractivity contribution in [3.8, 4) is 0 Å². The Morgan fingerprint density at radius 2 is 1.64 bits per heavy atom. The third kappa shape index (κ3) is 4.69. The predicted molar refractivity (Wildman–Crippen MR) is 95.6 cm³/mol. The van der Waals surface area contributed by atoms with Gasteiger partial charge in [0.2, 0.25) is 0 Å². The molecular formula is C21H28O. The van der Waals surface area contributed by atoms with Crippen molar-refractivity contribution in [2.24, 2.45) is 0 Å². The molecule has 0 aromatic heterocycles. The van der Waals surface area contributed by atoms with Crippen LogP contribution in [0.1, 0.15) is 74.7 Å². The van der Waals surface area contributed by atoms with Gasteiger partial charge in [-0.15, -0.1) is 0 Å². The first-order valence-electron chi connectivity index (χ1n) is 8.75. The van der Waals surface area contributed by atoms with E-state index in [0.29, 0.717) is 0 Å². The number of hydrogen-bond acceptors (Lipinski definition) is 1. The number of carbonyl (C=O) groups is 1. The number of fused-ring (bicyclic) bond motifs is 1. The maximum Gasteiger partial charge on any atom is 0.159 e. The Morgan fingerprint density at radius 3 is 2.36 bits per heavy atom. The van der Waals surface area contributed by atoms with Crippen molar-refractivity contribution in [3.63, 3.8) is 0 Å². The maximum absolute atomic E-state index is 11.6. The summed E-state index contributed by atoms with van der Waals surface area (Å²) in [4.78, 5) is 11.6. The van der Waals surface area contributed by atoms with E-state index in [9.17, 15) is 4.79 Å². The van der Waals surface area contributed by atoms with Crippen LogP contribution in [0.4, 0.5) is 0 Å². The first-order valence-corrected chi connectivity index (χ1v) is 8.75. The summed E-state index contributed by atoms with van der Waals surface area (Å²) >= 11 is 0. The molecule has 0 spiro atoms. The third-order valence-electron chi connectivity index (χ3n) is 4.43. The fraction of sp³-hybridized carbons (Fsp3) is 0.476. The van der Waals surface area contributed by atoms with Crippen LogP contribution in [0.2, 0.25) is 0 Å². The van der Waals surface area contributed by atoms with E-state index in [1.54, 1.807) is 6.92 Å². The van der Waals surface area contributed by atoms with Gasteiger partial charge in [0.1, 0.15) is 0 Å². The summed E-state index contributed by atoms with van der Waals surface area (Å²) < 4.78 is 0. The minimum absolute atomic E-state index is 0.146. The summed E-state index contributed by atoms with van der Waals surface area (Å²) in [6, 6.07) is 12.5. The molecule has 1 nitrogen and oxygen atoms in total. The van der Waals surface area contributed by atoms with Crippen molar-refractivity contribution >= 4 is 16.6 Å². The van der Waals surface area contributed by atoms with Gasteiger partial charge >= 0.3 is 0 Å². The number of unbranched alkanes of at least 4 members (excludes halogenated alkanes) is 6. The molecule has 0 heterocycles. The van der Waals surface area contributed by atoms with Gasteiger partial charge < -0.3 is 0 Å². The van der Waals surface area contributed by atoms with Crippen LogP contribution >= 0.6 is 0 Å². The lowest BCUT2D eigenvalue weighted by Gasteiger charge is -2.08. The molecule has 0 aliphatic heterocycles.